The van der Waals surface area contributed by atoms with E-state index < -0.39 is 0 Å². The molecule has 0 saturated carbocycles. The Morgan fingerprint density at radius 1 is 1.07 bits per heavy atom. The van der Waals surface area contributed by atoms with Gasteiger partial charge in [-0.15, -0.1) is 24.0 Å². The number of piperazine rings is 1. The lowest BCUT2D eigenvalue weighted by Crippen LogP contribution is -2.52. The fourth-order valence-electron chi connectivity index (χ4n) is 2.94. The molecule has 2 rings (SSSR count). The van der Waals surface area contributed by atoms with Gasteiger partial charge in [-0.25, -0.2) is 0 Å². The number of benzene rings is 1. The number of aliphatic imine (C=N–C) groups is 1. The molecule has 1 fully saturated rings. The fraction of sp³-hybridized carbons (Fsp3) is 0.632. The predicted molar refractivity (Wildman–Crippen MR) is 121 cm³/mol. The number of rotatable bonds is 9. The summed E-state index contributed by atoms with van der Waals surface area (Å²) in [7, 11) is 3.40. The minimum atomic E-state index is 0. The van der Waals surface area contributed by atoms with Crippen LogP contribution in [0.3, 0.4) is 0 Å². The van der Waals surface area contributed by atoms with Gasteiger partial charge in [-0.2, -0.15) is 0 Å². The van der Waals surface area contributed by atoms with E-state index >= 15 is 0 Å². The molecule has 0 bridgehead atoms. The predicted octanol–water partition coefficient (Wildman–Crippen LogP) is 2.06. The van der Waals surface area contributed by atoms with E-state index in [0.29, 0.717) is 26.4 Å². The van der Waals surface area contributed by atoms with Gasteiger partial charge in [0.1, 0.15) is 5.75 Å². The van der Waals surface area contributed by atoms with Crippen molar-refractivity contribution in [2.24, 2.45) is 4.99 Å². The van der Waals surface area contributed by atoms with Gasteiger partial charge in [-0.05, 0) is 19.1 Å². The van der Waals surface area contributed by atoms with Gasteiger partial charge in [0.2, 0.25) is 0 Å². The summed E-state index contributed by atoms with van der Waals surface area (Å²) in [6.07, 6.45) is 0. The summed E-state index contributed by atoms with van der Waals surface area (Å²) in [5.41, 5.74) is 1.16. The largest absolute Gasteiger partial charge is 0.495 e. The van der Waals surface area contributed by atoms with Gasteiger partial charge in [-0.3, -0.25) is 4.99 Å². The molecule has 1 heterocycles. The second-order valence-electron chi connectivity index (χ2n) is 5.99. The molecule has 0 amide bonds. The van der Waals surface area contributed by atoms with Crippen molar-refractivity contribution in [2.45, 2.75) is 6.92 Å². The number of nitrogens with zero attached hydrogens (tertiary/aromatic N) is 3. The summed E-state index contributed by atoms with van der Waals surface area (Å²) in [5.74, 6) is 1.89. The van der Waals surface area contributed by atoms with Crippen LogP contribution in [-0.4, -0.2) is 84.2 Å². The molecular formula is C19H33IN4O3. The maximum absolute atomic E-state index is 5.49. The van der Waals surface area contributed by atoms with Crippen molar-refractivity contribution >= 4 is 35.6 Å². The van der Waals surface area contributed by atoms with Gasteiger partial charge >= 0.3 is 0 Å². The summed E-state index contributed by atoms with van der Waals surface area (Å²) in [6, 6.07) is 8.19. The number of ether oxygens (including phenoxy) is 3. The molecular weight excluding hydrogens is 459 g/mol. The highest BCUT2D eigenvalue weighted by Gasteiger charge is 2.21. The maximum Gasteiger partial charge on any atom is 0.194 e. The van der Waals surface area contributed by atoms with Crippen molar-refractivity contribution < 1.29 is 14.2 Å². The minimum absolute atomic E-state index is 0. The smallest absolute Gasteiger partial charge is 0.194 e. The first-order valence-electron chi connectivity index (χ1n) is 9.28. The van der Waals surface area contributed by atoms with E-state index in [1.807, 2.05) is 12.1 Å². The van der Waals surface area contributed by atoms with Crippen LogP contribution in [0.4, 0.5) is 5.69 Å². The van der Waals surface area contributed by atoms with Crippen molar-refractivity contribution in [2.75, 3.05) is 78.2 Å². The van der Waals surface area contributed by atoms with E-state index in [0.717, 1.165) is 50.1 Å². The van der Waals surface area contributed by atoms with Crippen LogP contribution >= 0.6 is 24.0 Å². The molecule has 1 aromatic carbocycles. The van der Waals surface area contributed by atoms with Crippen LogP contribution in [-0.2, 0) is 9.47 Å². The molecule has 27 heavy (non-hydrogen) atoms. The van der Waals surface area contributed by atoms with E-state index in [4.69, 9.17) is 14.2 Å². The lowest BCUT2D eigenvalue weighted by molar-refractivity contribution is 0.0747. The second-order valence-corrected chi connectivity index (χ2v) is 5.99. The number of methoxy groups -OCH3 is 2. The molecule has 154 valence electrons. The molecule has 0 aliphatic carbocycles. The first kappa shape index (κ1) is 23.8. The normalized spacial score (nSPS) is 14.7. The quantitative estimate of drug-likeness (QED) is 0.247. The lowest BCUT2D eigenvalue weighted by atomic mass is 10.2. The molecule has 7 nitrogen and oxygen atoms in total. The molecule has 1 saturated heterocycles. The van der Waals surface area contributed by atoms with Crippen molar-refractivity contribution in [3.63, 3.8) is 0 Å². The highest BCUT2D eigenvalue weighted by atomic mass is 127. The van der Waals surface area contributed by atoms with E-state index in [-0.39, 0.29) is 24.0 Å². The Morgan fingerprint density at radius 3 is 2.48 bits per heavy atom. The third-order valence-corrected chi connectivity index (χ3v) is 4.27. The maximum atomic E-state index is 5.49. The third-order valence-electron chi connectivity index (χ3n) is 4.27. The minimum Gasteiger partial charge on any atom is -0.495 e. The third kappa shape index (κ3) is 7.71. The number of hydrogen-bond donors (Lipinski definition) is 1. The highest BCUT2D eigenvalue weighted by molar-refractivity contribution is 14.0. The summed E-state index contributed by atoms with van der Waals surface area (Å²) in [6.45, 7) is 9.17. The van der Waals surface area contributed by atoms with Gasteiger partial charge in [-0.1, -0.05) is 12.1 Å². The van der Waals surface area contributed by atoms with E-state index in [9.17, 15) is 0 Å². The van der Waals surface area contributed by atoms with Gasteiger partial charge in [0, 0.05) is 39.8 Å². The van der Waals surface area contributed by atoms with Crippen molar-refractivity contribution in [3.05, 3.63) is 24.3 Å². The van der Waals surface area contributed by atoms with Gasteiger partial charge in [0.05, 0.1) is 39.2 Å². The Bertz CT molecular complexity index is 552. The van der Waals surface area contributed by atoms with Crippen molar-refractivity contribution in [3.8, 4) is 5.75 Å². The Hall–Kier alpha value is -1.26. The number of nitrogens with one attached hydrogen (secondary N) is 1. The van der Waals surface area contributed by atoms with E-state index in [1.165, 1.54) is 0 Å². The van der Waals surface area contributed by atoms with Crippen LogP contribution < -0.4 is 15.0 Å². The molecule has 8 heteroatoms. The molecule has 1 aromatic rings. The van der Waals surface area contributed by atoms with Crippen LogP contribution in [0, 0.1) is 0 Å². The molecule has 0 radical (unpaired) electrons. The van der Waals surface area contributed by atoms with Crippen LogP contribution in [0.15, 0.2) is 29.3 Å². The van der Waals surface area contributed by atoms with Crippen molar-refractivity contribution in [1.82, 2.24) is 10.2 Å². The lowest BCUT2D eigenvalue weighted by Gasteiger charge is -2.38. The zero-order valence-electron chi connectivity index (χ0n) is 16.6. The van der Waals surface area contributed by atoms with Crippen LogP contribution in [0.2, 0.25) is 0 Å². The molecule has 0 atom stereocenters. The molecule has 0 unspecified atom stereocenters. The number of anilines is 1. The molecule has 1 aliphatic rings. The summed E-state index contributed by atoms with van der Waals surface area (Å²) in [4.78, 5) is 9.37. The summed E-state index contributed by atoms with van der Waals surface area (Å²) >= 11 is 0. The Kier molecular flexibility index (Phi) is 12.2. The number of guanidine groups is 1. The topological polar surface area (TPSA) is 58.6 Å². The van der Waals surface area contributed by atoms with Crippen LogP contribution in [0.1, 0.15) is 6.92 Å². The van der Waals surface area contributed by atoms with Gasteiger partial charge in [0.25, 0.3) is 0 Å². The molecule has 0 aromatic heterocycles. The number of hydrogen-bond acceptors (Lipinski definition) is 5. The SMILES string of the molecule is CCNC(=NCCOCCOC)N1CCN(c2ccccc2OC)CC1.I. The molecule has 0 spiro atoms. The average Bonchev–Trinajstić information content (AvgIpc) is 2.70. The second kappa shape index (κ2) is 13.8. The number of para-hydroxylation sites is 2. The first-order valence-corrected chi connectivity index (χ1v) is 9.28. The van der Waals surface area contributed by atoms with Crippen LogP contribution in [0.5, 0.6) is 5.75 Å². The molecule has 1 N–H and O–H groups in total. The van der Waals surface area contributed by atoms with Crippen LogP contribution in [0.25, 0.3) is 0 Å². The molecule has 1 aliphatic heterocycles. The van der Waals surface area contributed by atoms with Crippen molar-refractivity contribution in [1.29, 1.82) is 0 Å². The Labute approximate surface area is 180 Å². The van der Waals surface area contributed by atoms with E-state index in [1.54, 1.807) is 14.2 Å². The Balaban J connectivity index is 0.00000364. The zero-order chi connectivity index (χ0) is 18.6. The standard InChI is InChI=1S/C19H32N4O3.HI/c1-4-20-19(21-9-14-26-16-15-24-2)23-12-10-22(11-13-23)17-7-5-6-8-18(17)25-3;/h5-8H,4,9-16H2,1-3H3,(H,20,21);1H. The monoisotopic (exact) mass is 492 g/mol. The van der Waals surface area contributed by atoms with Gasteiger partial charge < -0.3 is 29.3 Å². The fourth-order valence-corrected chi connectivity index (χ4v) is 2.94. The zero-order valence-corrected chi connectivity index (χ0v) is 19.0. The highest BCUT2D eigenvalue weighted by Crippen LogP contribution is 2.28. The first-order chi connectivity index (χ1) is 12.8. The number of halogens is 1. The summed E-state index contributed by atoms with van der Waals surface area (Å²) in [5, 5.41) is 3.38. The Morgan fingerprint density at radius 2 is 1.81 bits per heavy atom. The van der Waals surface area contributed by atoms with Gasteiger partial charge in [0.15, 0.2) is 5.96 Å². The summed E-state index contributed by atoms with van der Waals surface area (Å²) < 4.78 is 16.0. The average molecular weight is 492 g/mol. The van der Waals surface area contributed by atoms with E-state index in [2.05, 4.69) is 39.2 Å².